The van der Waals surface area contributed by atoms with Crippen molar-refractivity contribution in [3.8, 4) is 5.75 Å². The highest BCUT2D eigenvalue weighted by Gasteiger charge is 2.34. The van der Waals surface area contributed by atoms with E-state index in [0.717, 1.165) is 4.31 Å². The van der Waals surface area contributed by atoms with Crippen LogP contribution in [-0.4, -0.2) is 56.3 Å². The van der Waals surface area contributed by atoms with E-state index in [1.54, 1.807) is 49.4 Å². The Morgan fingerprint density at radius 3 is 2.24 bits per heavy atom. The molecule has 224 valence electrons. The van der Waals surface area contributed by atoms with Crippen LogP contribution in [0.5, 0.6) is 5.75 Å². The van der Waals surface area contributed by atoms with Crippen LogP contribution in [0, 0.1) is 16.0 Å². The molecule has 3 aromatic carbocycles. The number of carbonyl (C=O) groups is 2. The summed E-state index contributed by atoms with van der Waals surface area (Å²) in [5.41, 5.74) is 0.525. The summed E-state index contributed by atoms with van der Waals surface area (Å²) in [7, 11) is -2.76. The van der Waals surface area contributed by atoms with Gasteiger partial charge in [-0.25, -0.2) is 8.42 Å². The highest BCUT2D eigenvalue weighted by molar-refractivity contribution is 7.92. The monoisotopic (exact) mass is 596 g/mol. The molecule has 0 heterocycles. The summed E-state index contributed by atoms with van der Waals surface area (Å²) in [6.45, 7) is 5.47. The number of ether oxygens (including phenoxy) is 1. The van der Waals surface area contributed by atoms with Gasteiger partial charge in [0.2, 0.25) is 11.8 Å². The molecule has 0 aliphatic carbocycles. The Bertz CT molecular complexity index is 1480. The van der Waals surface area contributed by atoms with Gasteiger partial charge in [0.25, 0.3) is 15.7 Å². The second-order valence-corrected chi connectivity index (χ2v) is 11.9. The number of amides is 2. The number of benzene rings is 3. The van der Waals surface area contributed by atoms with Crippen LogP contribution in [0.1, 0.15) is 32.8 Å². The van der Waals surface area contributed by atoms with Crippen LogP contribution in [0.3, 0.4) is 0 Å². The normalized spacial score (nSPS) is 11.9. The fraction of sp³-hybridized carbons (Fsp3) is 0.333. The Morgan fingerprint density at radius 2 is 1.67 bits per heavy atom. The molecule has 0 aliphatic heterocycles. The minimum Gasteiger partial charge on any atom is -0.497 e. The van der Waals surface area contributed by atoms with Gasteiger partial charge < -0.3 is 15.0 Å². The lowest BCUT2D eigenvalue weighted by Crippen LogP contribution is -2.52. The lowest BCUT2D eigenvalue weighted by molar-refractivity contribution is -0.384. The predicted molar refractivity (Wildman–Crippen MR) is 160 cm³/mol. The SMILES string of the molecule is CC[C@H](C(=O)NCC(C)C)N(Cc1cccc(OC)c1)C(=O)CN(c1ccc([N+](=O)[O-])cc1)S(=O)(=O)c1ccccc1. The first-order chi connectivity index (χ1) is 20.0. The van der Waals surface area contributed by atoms with Gasteiger partial charge in [-0.2, -0.15) is 0 Å². The van der Waals surface area contributed by atoms with E-state index in [9.17, 15) is 28.1 Å². The molecule has 2 amide bonds. The van der Waals surface area contributed by atoms with E-state index in [2.05, 4.69) is 5.32 Å². The number of methoxy groups -OCH3 is 1. The van der Waals surface area contributed by atoms with Gasteiger partial charge in [-0.3, -0.25) is 24.0 Å². The highest BCUT2D eigenvalue weighted by Crippen LogP contribution is 2.27. The predicted octanol–water partition coefficient (Wildman–Crippen LogP) is 4.38. The Labute approximate surface area is 246 Å². The van der Waals surface area contributed by atoms with Gasteiger partial charge in [-0.1, -0.05) is 51.1 Å². The molecule has 0 aromatic heterocycles. The average Bonchev–Trinajstić information content (AvgIpc) is 2.99. The van der Waals surface area contributed by atoms with Gasteiger partial charge >= 0.3 is 0 Å². The first kappa shape index (κ1) is 32.1. The molecule has 0 fully saturated rings. The van der Waals surface area contributed by atoms with E-state index in [0.29, 0.717) is 17.9 Å². The molecule has 12 heteroatoms. The Morgan fingerprint density at radius 1 is 1.00 bits per heavy atom. The van der Waals surface area contributed by atoms with Crippen molar-refractivity contribution in [2.45, 2.75) is 44.7 Å². The van der Waals surface area contributed by atoms with Crippen LogP contribution >= 0.6 is 0 Å². The molecular formula is C30H36N4O7S. The van der Waals surface area contributed by atoms with Gasteiger partial charge in [0, 0.05) is 25.2 Å². The quantitative estimate of drug-likeness (QED) is 0.215. The molecular weight excluding hydrogens is 560 g/mol. The van der Waals surface area contributed by atoms with Crippen LogP contribution in [0.4, 0.5) is 11.4 Å². The molecule has 0 spiro atoms. The summed E-state index contributed by atoms with van der Waals surface area (Å²) in [6.07, 6.45) is 0.280. The maximum absolute atomic E-state index is 14.1. The molecule has 0 saturated carbocycles. The van der Waals surface area contributed by atoms with Crippen molar-refractivity contribution in [2.24, 2.45) is 5.92 Å². The van der Waals surface area contributed by atoms with Crippen molar-refractivity contribution < 1.29 is 27.7 Å². The minimum absolute atomic E-state index is 0.0170. The summed E-state index contributed by atoms with van der Waals surface area (Å²) >= 11 is 0. The van der Waals surface area contributed by atoms with E-state index < -0.39 is 33.4 Å². The van der Waals surface area contributed by atoms with Gasteiger partial charge in [-0.15, -0.1) is 0 Å². The second kappa shape index (κ2) is 14.4. The van der Waals surface area contributed by atoms with Crippen molar-refractivity contribution >= 4 is 33.2 Å². The lowest BCUT2D eigenvalue weighted by atomic mass is 10.1. The van der Waals surface area contributed by atoms with Crippen molar-refractivity contribution in [3.63, 3.8) is 0 Å². The number of nitro benzene ring substituents is 1. The molecule has 0 radical (unpaired) electrons. The largest absolute Gasteiger partial charge is 0.497 e. The third-order valence-corrected chi connectivity index (χ3v) is 8.30. The molecule has 3 rings (SSSR count). The molecule has 1 atom stereocenters. The van der Waals surface area contributed by atoms with Crippen molar-refractivity contribution in [1.82, 2.24) is 10.2 Å². The first-order valence-electron chi connectivity index (χ1n) is 13.5. The Hall–Kier alpha value is -4.45. The summed E-state index contributed by atoms with van der Waals surface area (Å²) in [4.78, 5) is 39.3. The maximum atomic E-state index is 14.1. The molecule has 1 N–H and O–H groups in total. The molecule has 42 heavy (non-hydrogen) atoms. The number of hydrogen-bond acceptors (Lipinski definition) is 7. The number of nitro groups is 1. The number of nitrogens with zero attached hydrogens (tertiary/aromatic N) is 3. The van der Waals surface area contributed by atoms with E-state index in [4.69, 9.17) is 4.74 Å². The van der Waals surface area contributed by atoms with Crippen LogP contribution in [0.2, 0.25) is 0 Å². The Kier molecular flexibility index (Phi) is 11.0. The summed E-state index contributed by atoms with van der Waals surface area (Å²) in [5, 5.41) is 14.1. The van der Waals surface area contributed by atoms with Crippen molar-refractivity contribution in [3.05, 3.63) is 94.5 Å². The summed E-state index contributed by atoms with van der Waals surface area (Å²) in [5.74, 6) is -0.225. The topological polar surface area (TPSA) is 139 Å². The number of sulfonamides is 1. The van der Waals surface area contributed by atoms with E-state index in [-0.39, 0.29) is 41.1 Å². The third-order valence-electron chi connectivity index (χ3n) is 6.52. The number of carbonyl (C=O) groups excluding carboxylic acids is 2. The number of anilines is 1. The van der Waals surface area contributed by atoms with Gasteiger partial charge in [-0.05, 0) is 54.3 Å². The average molecular weight is 597 g/mol. The summed E-state index contributed by atoms with van der Waals surface area (Å²) < 4.78 is 33.9. The summed E-state index contributed by atoms with van der Waals surface area (Å²) in [6, 6.07) is 18.7. The fourth-order valence-electron chi connectivity index (χ4n) is 4.30. The van der Waals surface area contributed by atoms with Crippen molar-refractivity contribution in [2.75, 3.05) is 24.5 Å². The van der Waals surface area contributed by atoms with Crippen LogP contribution in [-0.2, 0) is 26.2 Å². The van der Waals surface area contributed by atoms with Crippen molar-refractivity contribution in [1.29, 1.82) is 0 Å². The lowest BCUT2D eigenvalue weighted by Gasteiger charge is -2.33. The van der Waals surface area contributed by atoms with Gasteiger partial charge in [0.1, 0.15) is 18.3 Å². The van der Waals surface area contributed by atoms with Crippen LogP contribution < -0.4 is 14.4 Å². The molecule has 0 unspecified atom stereocenters. The van der Waals surface area contributed by atoms with E-state index in [1.165, 1.54) is 48.4 Å². The molecule has 11 nitrogen and oxygen atoms in total. The highest BCUT2D eigenvalue weighted by atomic mass is 32.2. The molecule has 0 saturated heterocycles. The molecule has 0 aliphatic rings. The maximum Gasteiger partial charge on any atom is 0.269 e. The van der Waals surface area contributed by atoms with E-state index >= 15 is 0 Å². The smallest absolute Gasteiger partial charge is 0.269 e. The zero-order valence-electron chi connectivity index (χ0n) is 24.1. The molecule has 0 bridgehead atoms. The van der Waals surface area contributed by atoms with Gasteiger partial charge in [0.15, 0.2) is 0 Å². The zero-order valence-corrected chi connectivity index (χ0v) is 24.9. The minimum atomic E-state index is -4.28. The van der Waals surface area contributed by atoms with Crippen LogP contribution in [0.25, 0.3) is 0 Å². The van der Waals surface area contributed by atoms with Gasteiger partial charge in [0.05, 0.1) is 22.6 Å². The Balaban J connectivity index is 2.06. The standard InChI is InChI=1S/C30H36N4O7S/c1-5-28(30(36)31-19-22(2)3)32(20-23-10-9-11-26(18-23)41-4)29(35)21-33(24-14-16-25(17-15-24)34(37)38)42(39,40)27-12-7-6-8-13-27/h6-18,22,28H,5,19-21H2,1-4H3,(H,31,36)/t28-/m1/s1. The second-order valence-electron chi connectivity index (χ2n) is 10.0. The van der Waals surface area contributed by atoms with E-state index in [1.807, 2.05) is 13.8 Å². The first-order valence-corrected chi connectivity index (χ1v) is 14.9. The number of non-ortho nitro benzene ring substituents is 1. The fourth-order valence-corrected chi connectivity index (χ4v) is 5.73. The third kappa shape index (κ3) is 8.06. The van der Waals surface area contributed by atoms with Crippen LogP contribution in [0.15, 0.2) is 83.8 Å². The molecule has 3 aromatic rings. The number of rotatable bonds is 14. The number of hydrogen-bond donors (Lipinski definition) is 1. The number of nitrogens with one attached hydrogen (secondary N) is 1. The zero-order chi connectivity index (χ0) is 30.9.